The smallest absolute Gasteiger partial charge is 0.148 e. The maximum absolute atomic E-state index is 13.6. The van der Waals surface area contributed by atoms with E-state index in [-0.39, 0.29) is 5.82 Å². The van der Waals surface area contributed by atoms with Crippen LogP contribution in [0.3, 0.4) is 0 Å². The fourth-order valence-electron chi connectivity index (χ4n) is 2.29. The van der Waals surface area contributed by atoms with Crippen LogP contribution in [0, 0.1) is 11.7 Å². The number of benzene rings is 1. The SMILES string of the molecule is Fc1cccc2c1NC(C1CC1)CCN2. The molecule has 80 valence electrons. The average molecular weight is 206 g/mol. The van der Waals surface area contributed by atoms with Crippen LogP contribution in [0.4, 0.5) is 15.8 Å². The lowest BCUT2D eigenvalue weighted by Crippen LogP contribution is -2.22. The van der Waals surface area contributed by atoms with E-state index in [4.69, 9.17) is 0 Å². The van der Waals surface area contributed by atoms with E-state index in [1.165, 1.54) is 18.9 Å². The fourth-order valence-corrected chi connectivity index (χ4v) is 2.29. The molecule has 1 aromatic rings. The second-order valence-electron chi connectivity index (χ2n) is 4.47. The highest BCUT2D eigenvalue weighted by Gasteiger charge is 2.32. The van der Waals surface area contributed by atoms with Crippen molar-refractivity contribution >= 4 is 11.4 Å². The molecule has 0 aromatic heterocycles. The number of hydrogen-bond acceptors (Lipinski definition) is 2. The van der Waals surface area contributed by atoms with Crippen molar-refractivity contribution in [1.29, 1.82) is 0 Å². The number of fused-ring (bicyclic) bond motifs is 1. The molecule has 2 nitrogen and oxygen atoms in total. The molecule has 2 N–H and O–H groups in total. The Kier molecular flexibility index (Phi) is 2.04. The lowest BCUT2D eigenvalue weighted by Gasteiger charge is -2.16. The second kappa shape index (κ2) is 3.40. The normalized spacial score (nSPS) is 24.7. The molecule has 1 aliphatic heterocycles. The molecule has 0 bridgehead atoms. The summed E-state index contributed by atoms with van der Waals surface area (Å²) in [5.74, 6) is 0.616. The van der Waals surface area contributed by atoms with E-state index < -0.39 is 0 Å². The molecule has 0 radical (unpaired) electrons. The molecule has 0 amide bonds. The third-order valence-corrected chi connectivity index (χ3v) is 3.31. The summed E-state index contributed by atoms with van der Waals surface area (Å²) in [6, 6.07) is 5.65. The molecule has 1 fully saturated rings. The van der Waals surface area contributed by atoms with Gasteiger partial charge in [0.15, 0.2) is 0 Å². The van der Waals surface area contributed by atoms with Crippen LogP contribution in [0.2, 0.25) is 0 Å². The van der Waals surface area contributed by atoms with Crippen molar-refractivity contribution in [2.45, 2.75) is 25.3 Å². The van der Waals surface area contributed by atoms with E-state index >= 15 is 0 Å². The van der Waals surface area contributed by atoms with Gasteiger partial charge in [0.1, 0.15) is 5.82 Å². The Morgan fingerprint density at radius 2 is 2.07 bits per heavy atom. The number of rotatable bonds is 1. The first kappa shape index (κ1) is 9.01. The minimum atomic E-state index is -0.146. The summed E-state index contributed by atoms with van der Waals surface area (Å²) in [5, 5.41) is 6.63. The standard InChI is InChI=1S/C12H15FN2/c13-9-2-1-3-11-12(9)15-10(6-7-14-11)8-4-5-8/h1-3,8,10,14-15H,4-7H2. The van der Waals surface area contributed by atoms with Gasteiger partial charge in [-0.05, 0) is 37.3 Å². The third-order valence-electron chi connectivity index (χ3n) is 3.31. The van der Waals surface area contributed by atoms with Gasteiger partial charge in [-0.3, -0.25) is 0 Å². The lowest BCUT2D eigenvalue weighted by atomic mass is 10.1. The van der Waals surface area contributed by atoms with Crippen LogP contribution in [-0.2, 0) is 0 Å². The highest BCUT2D eigenvalue weighted by atomic mass is 19.1. The third kappa shape index (κ3) is 1.66. The van der Waals surface area contributed by atoms with Gasteiger partial charge in [-0.25, -0.2) is 4.39 Å². The van der Waals surface area contributed by atoms with E-state index in [0.717, 1.165) is 24.6 Å². The molecule has 3 rings (SSSR count). The van der Waals surface area contributed by atoms with Crippen molar-refractivity contribution in [3.05, 3.63) is 24.0 Å². The zero-order valence-corrected chi connectivity index (χ0v) is 8.59. The quantitative estimate of drug-likeness (QED) is 0.738. The van der Waals surface area contributed by atoms with Crippen LogP contribution >= 0.6 is 0 Å². The van der Waals surface area contributed by atoms with E-state index in [2.05, 4.69) is 10.6 Å². The highest BCUT2D eigenvalue weighted by molar-refractivity contribution is 5.70. The summed E-state index contributed by atoms with van der Waals surface area (Å²) in [7, 11) is 0. The van der Waals surface area contributed by atoms with Crippen LogP contribution in [-0.4, -0.2) is 12.6 Å². The molecule has 1 heterocycles. The van der Waals surface area contributed by atoms with Gasteiger partial charge in [-0.2, -0.15) is 0 Å². The van der Waals surface area contributed by atoms with Gasteiger partial charge >= 0.3 is 0 Å². The van der Waals surface area contributed by atoms with Gasteiger partial charge in [0.2, 0.25) is 0 Å². The van der Waals surface area contributed by atoms with Gasteiger partial charge in [-0.1, -0.05) is 6.07 Å². The zero-order valence-electron chi connectivity index (χ0n) is 8.59. The van der Waals surface area contributed by atoms with E-state index in [1.54, 1.807) is 6.07 Å². The Balaban J connectivity index is 1.92. The van der Waals surface area contributed by atoms with Gasteiger partial charge < -0.3 is 10.6 Å². The molecule has 1 aromatic carbocycles. The van der Waals surface area contributed by atoms with Crippen LogP contribution < -0.4 is 10.6 Å². The average Bonchev–Trinajstić information content (AvgIpc) is 3.04. The van der Waals surface area contributed by atoms with Crippen molar-refractivity contribution in [2.75, 3.05) is 17.2 Å². The number of nitrogens with one attached hydrogen (secondary N) is 2. The van der Waals surface area contributed by atoms with Crippen molar-refractivity contribution in [3.8, 4) is 0 Å². The monoisotopic (exact) mass is 206 g/mol. The summed E-state index contributed by atoms with van der Waals surface area (Å²) >= 11 is 0. The Morgan fingerprint density at radius 3 is 2.87 bits per heavy atom. The molecular weight excluding hydrogens is 191 g/mol. The van der Waals surface area contributed by atoms with Crippen LogP contribution in [0.1, 0.15) is 19.3 Å². The first-order chi connectivity index (χ1) is 7.34. The summed E-state index contributed by atoms with van der Waals surface area (Å²) in [6.45, 7) is 0.935. The van der Waals surface area contributed by atoms with Gasteiger partial charge in [0.05, 0.1) is 11.4 Å². The summed E-state index contributed by atoms with van der Waals surface area (Å²) < 4.78 is 13.6. The van der Waals surface area contributed by atoms with E-state index in [0.29, 0.717) is 11.7 Å². The molecular formula is C12H15FN2. The van der Waals surface area contributed by atoms with E-state index in [9.17, 15) is 4.39 Å². The minimum Gasteiger partial charge on any atom is -0.383 e. The van der Waals surface area contributed by atoms with Crippen molar-refractivity contribution < 1.29 is 4.39 Å². The van der Waals surface area contributed by atoms with Crippen molar-refractivity contribution in [2.24, 2.45) is 5.92 Å². The van der Waals surface area contributed by atoms with E-state index in [1.807, 2.05) is 6.07 Å². The number of halogens is 1. The Morgan fingerprint density at radius 1 is 1.20 bits per heavy atom. The van der Waals surface area contributed by atoms with Gasteiger partial charge in [-0.15, -0.1) is 0 Å². The summed E-state index contributed by atoms with van der Waals surface area (Å²) in [5.41, 5.74) is 1.56. The molecule has 1 unspecified atom stereocenters. The highest BCUT2D eigenvalue weighted by Crippen LogP contribution is 2.38. The van der Waals surface area contributed by atoms with Crippen LogP contribution in [0.5, 0.6) is 0 Å². The predicted molar refractivity (Wildman–Crippen MR) is 59.6 cm³/mol. The molecule has 0 saturated heterocycles. The predicted octanol–water partition coefficient (Wildman–Crippen LogP) is 2.83. The topological polar surface area (TPSA) is 24.1 Å². The fraction of sp³-hybridized carbons (Fsp3) is 0.500. The summed E-state index contributed by atoms with van der Waals surface area (Å²) in [6.07, 6.45) is 3.67. The second-order valence-corrected chi connectivity index (χ2v) is 4.47. The number of para-hydroxylation sites is 1. The van der Waals surface area contributed by atoms with Crippen molar-refractivity contribution in [3.63, 3.8) is 0 Å². The molecule has 1 atom stereocenters. The first-order valence-corrected chi connectivity index (χ1v) is 5.63. The largest absolute Gasteiger partial charge is 0.383 e. The first-order valence-electron chi connectivity index (χ1n) is 5.63. The molecule has 0 spiro atoms. The Bertz CT molecular complexity index is 374. The summed E-state index contributed by atoms with van der Waals surface area (Å²) in [4.78, 5) is 0. The molecule has 3 heteroatoms. The Labute approximate surface area is 88.9 Å². The molecule has 2 aliphatic rings. The molecule has 1 aliphatic carbocycles. The number of hydrogen-bond donors (Lipinski definition) is 2. The van der Waals surface area contributed by atoms with Crippen molar-refractivity contribution in [1.82, 2.24) is 0 Å². The maximum atomic E-state index is 13.6. The van der Waals surface area contributed by atoms with Crippen LogP contribution in [0.25, 0.3) is 0 Å². The van der Waals surface area contributed by atoms with Gasteiger partial charge in [0, 0.05) is 12.6 Å². The zero-order chi connectivity index (χ0) is 10.3. The van der Waals surface area contributed by atoms with Crippen LogP contribution in [0.15, 0.2) is 18.2 Å². The molecule has 15 heavy (non-hydrogen) atoms. The minimum absolute atomic E-state index is 0.146. The van der Waals surface area contributed by atoms with Gasteiger partial charge in [0.25, 0.3) is 0 Å². The lowest BCUT2D eigenvalue weighted by molar-refractivity contribution is 0.593. The Hall–Kier alpha value is -1.25. The number of anilines is 2. The maximum Gasteiger partial charge on any atom is 0.148 e. The molecule has 1 saturated carbocycles.